The van der Waals surface area contributed by atoms with Gasteiger partial charge in [-0.3, -0.25) is 14.3 Å². The van der Waals surface area contributed by atoms with Crippen molar-refractivity contribution >= 4 is 41.7 Å². The van der Waals surface area contributed by atoms with Gasteiger partial charge in [0.2, 0.25) is 0 Å². The molecule has 9 heteroatoms. The molecule has 2 fully saturated rings. The Kier molecular flexibility index (Phi) is 7.57. The molecule has 29 heavy (non-hydrogen) atoms. The molecule has 1 aromatic carbocycles. The number of piperidine rings is 1. The highest BCUT2D eigenvalue weighted by Crippen LogP contribution is 2.18. The van der Waals surface area contributed by atoms with Crippen LogP contribution in [-0.2, 0) is 0 Å². The van der Waals surface area contributed by atoms with Crippen LogP contribution in [0.4, 0.5) is 5.69 Å². The summed E-state index contributed by atoms with van der Waals surface area (Å²) in [6, 6.07) is 9.16. The molecule has 2 amide bonds. The summed E-state index contributed by atoms with van der Waals surface area (Å²) < 4.78 is 1.87. The molecule has 0 aliphatic carbocycles. The van der Waals surface area contributed by atoms with Crippen LogP contribution in [0.2, 0.25) is 0 Å². The lowest BCUT2D eigenvalue weighted by Gasteiger charge is -2.26. The third-order valence-electron chi connectivity index (χ3n) is 5.15. The van der Waals surface area contributed by atoms with Crippen molar-refractivity contribution in [1.29, 1.82) is 0 Å². The maximum Gasteiger partial charge on any atom is 0.276 e. The molecule has 2 aliphatic rings. The molecule has 1 atom stereocenters. The number of nitrogens with one attached hydrogen (secondary N) is 2. The molecule has 0 spiro atoms. The molecule has 2 N–H and O–H groups in total. The molecule has 2 saturated heterocycles. The lowest BCUT2D eigenvalue weighted by atomic mass is 10.1. The second-order valence-electron chi connectivity index (χ2n) is 7.12. The number of hydrogen-bond donors (Lipinski definition) is 2. The smallest absolute Gasteiger partial charge is 0.276 e. The minimum absolute atomic E-state index is 0. The molecule has 0 bridgehead atoms. The summed E-state index contributed by atoms with van der Waals surface area (Å²) in [5, 5.41) is 10.7. The molecule has 2 aromatic rings. The number of nitrogens with zero attached hydrogens (tertiary/aromatic N) is 3. The van der Waals surface area contributed by atoms with Crippen LogP contribution in [0.5, 0.6) is 0 Å². The normalized spacial score (nSPS) is 19.3. The number of aromatic nitrogens is 2. The fraction of sp³-hybridized carbons (Fsp3) is 0.450. The average molecular weight is 436 g/mol. The van der Waals surface area contributed by atoms with Crippen LogP contribution in [-0.4, -0.2) is 64.2 Å². The topological polar surface area (TPSA) is 79.3 Å². The Balaban J connectivity index is 0.00000240. The van der Waals surface area contributed by atoms with Crippen LogP contribution in [0.1, 0.15) is 39.7 Å². The van der Waals surface area contributed by atoms with Crippen LogP contribution < -0.4 is 10.6 Å². The van der Waals surface area contributed by atoms with Crippen LogP contribution in [0.3, 0.4) is 0 Å². The van der Waals surface area contributed by atoms with Gasteiger partial charge in [-0.15, -0.1) is 12.4 Å². The van der Waals surface area contributed by atoms with Crippen LogP contribution in [0, 0.1) is 0 Å². The fourth-order valence-electron chi connectivity index (χ4n) is 3.60. The van der Waals surface area contributed by atoms with Gasteiger partial charge in [0.15, 0.2) is 5.69 Å². The predicted molar refractivity (Wildman–Crippen MR) is 118 cm³/mol. The van der Waals surface area contributed by atoms with E-state index in [1.54, 1.807) is 30.3 Å². The third kappa shape index (κ3) is 5.32. The van der Waals surface area contributed by atoms with Gasteiger partial charge in [-0.05, 0) is 43.7 Å². The van der Waals surface area contributed by atoms with E-state index in [2.05, 4.69) is 15.7 Å². The van der Waals surface area contributed by atoms with Gasteiger partial charge < -0.3 is 15.5 Å². The first kappa shape index (κ1) is 21.7. The number of halogens is 1. The summed E-state index contributed by atoms with van der Waals surface area (Å²) in [5.74, 6) is 1.70. The zero-order chi connectivity index (χ0) is 19.3. The molecule has 1 aromatic heterocycles. The van der Waals surface area contributed by atoms with E-state index in [4.69, 9.17) is 0 Å². The van der Waals surface area contributed by atoms with Gasteiger partial charge in [0.05, 0.1) is 6.04 Å². The third-order valence-corrected chi connectivity index (χ3v) is 6.09. The summed E-state index contributed by atoms with van der Waals surface area (Å²) in [5.41, 5.74) is 1.59. The van der Waals surface area contributed by atoms with Crippen molar-refractivity contribution in [2.45, 2.75) is 18.9 Å². The lowest BCUT2D eigenvalue weighted by Crippen LogP contribution is -2.37. The number of anilines is 1. The first-order valence-electron chi connectivity index (χ1n) is 9.75. The summed E-state index contributed by atoms with van der Waals surface area (Å²) in [6.45, 7) is 3.46. The maximum absolute atomic E-state index is 12.7. The minimum Gasteiger partial charge on any atom is -0.337 e. The number of hydrogen-bond acceptors (Lipinski definition) is 5. The molecule has 3 heterocycles. The Labute approximate surface area is 181 Å². The second-order valence-corrected chi connectivity index (χ2v) is 8.35. The monoisotopic (exact) mass is 435 g/mol. The standard InChI is InChI=1S/C20H25N5O2S.ClH/c26-19(18-6-8-25(23-18)17-5-2-7-21-14-17)22-16-4-1-3-15(13-16)20(27)24-9-11-28-12-10-24;/h1,3-4,6,8,13,17,21H,2,5,7,9-12,14H2,(H,22,26);1H. The predicted octanol–water partition coefficient (Wildman–Crippen LogP) is 2.67. The number of carbonyl (C=O) groups is 2. The Morgan fingerprint density at radius 3 is 2.79 bits per heavy atom. The lowest BCUT2D eigenvalue weighted by molar-refractivity contribution is 0.0772. The van der Waals surface area contributed by atoms with Gasteiger partial charge >= 0.3 is 0 Å². The highest BCUT2D eigenvalue weighted by atomic mass is 35.5. The van der Waals surface area contributed by atoms with Crippen molar-refractivity contribution in [2.75, 3.05) is 43.0 Å². The summed E-state index contributed by atoms with van der Waals surface area (Å²) in [4.78, 5) is 27.1. The quantitative estimate of drug-likeness (QED) is 0.771. The number of rotatable bonds is 4. The average Bonchev–Trinajstić information content (AvgIpc) is 3.25. The zero-order valence-electron chi connectivity index (χ0n) is 16.2. The molecule has 0 radical (unpaired) electrons. The Bertz CT molecular complexity index is 847. The summed E-state index contributed by atoms with van der Waals surface area (Å²) in [6.07, 6.45) is 4.04. The van der Waals surface area contributed by atoms with Crippen LogP contribution in [0.15, 0.2) is 36.5 Å². The number of benzene rings is 1. The molecule has 2 aliphatic heterocycles. The highest BCUT2D eigenvalue weighted by Gasteiger charge is 2.20. The van der Waals surface area contributed by atoms with Crippen molar-refractivity contribution in [1.82, 2.24) is 20.0 Å². The van der Waals surface area contributed by atoms with E-state index in [0.29, 0.717) is 23.0 Å². The Hall–Kier alpha value is -2.03. The van der Waals surface area contributed by atoms with Crippen molar-refractivity contribution < 1.29 is 9.59 Å². The molecule has 0 saturated carbocycles. The summed E-state index contributed by atoms with van der Waals surface area (Å²) in [7, 11) is 0. The molecule has 4 rings (SSSR count). The van der Waals surface area contributed by atoms with Gasteiger partial charge in [0.1, 0.15) is 0 Å². The number of carbonyl (C=O) groups excluding carboxylic acids is 2. The fourth-order valence-corrected chi connectivity index (χ4v) is 4.50. The molecular weight excluding hydrogens is 410 g/mol. The Morgan fingerprint density at radius 1 is 1.21 bits per heavy atom. The number of thioether (sulfide) groups is 1. The van der Waals surface area contributed by atoms with Gasteiger partial charge in [0.25, 0.3) is 11.8 Å². The first-order chi connectivity index (χ1) is 13.7. The van der Waals surface area contributed by atoms with Crippen molar-refractivity contribution in [3.05, 3.63) is 47.8 Å². The minimum atomic E-state index is -0.263. The van der Waals surface area contributed by atoms with Gasteiger partial charge in [-0.1, -0.05) is 6.07 Å². The highest BCUT2D eigenvalue weighted by molar-refractivity contribution is 7.99. The van der Waals surface area contributed by atoms with E-state index in [0.717, 1.165) is 50.5 Å². The van der Waals surface area contributed by atoms with Gasteiger partial charge in [-0.2, -0.15) is 16.9 Å². The molecular formula is C20H26ClN5O2S. The van der Waals surface area contributed by atoms with Crippen molar-refractivity contribution in [3.8, 4) is 0 Å². The van der Waals surface area contributed by atoms with E-state index in [9.17, 15) is 9.59 Å². The van der Waals surface area contributed by atoms with E-state index < -0.39 is 0 Å². The van der Waals surface area contributed by atoms with Crippen LogP contribution in [0.25, 0.3) is 0 Å². The maximum atomic E-state index is 12.7. The van der Waals surface area contributed by atoms with Crippen LogP contribution >= 0.6 is 24.2 Å². The second kappa shape index (κ2) is 10.1. The Morgan fingerprint density at radius 2 is 2.03 bits per heavy atom. The zero-order valence-corrected chi connectivity index (χ0v) is 17.8. The number of amides is 2. The summed E-state index contributed by atoms with van der Waals surface area (Å²) >= 11 is 1.87. The van der Waals surface area contributed by atoms with E-state index in [1.807, 2.05) is 27.5 Å². The van der Waals surface area contributed by atoms with Crippen molar-refractivity contribution in [2.24, 2.45) is 0 Å². The van der Waals surface area contributed by atoms with Gasteiger partial charge in [0, 0.05) is 48.6 Å². The van der Waals surface area contributed by atoms with E-state index >= 15 is 0 Å². The largest absolute Gasteiger partial charge is 0.337 e. The van der Waals surface area contributed by atoms with Crippen molar-refractivity contribution in [3.63, 3.8) is 0 Å². The molecule has 7 nitrogen and oxygen atoms in total. The van der Waals surface area contributed by atoms with Gasteiger partial charge in [-0.25, -0.2) is 0 Å². The first-order valence-corrected chi connectivity index (χ1v) is 10.9. The SMILES string of the molecule is Cl.O=C(Nc1cccc(C(=O)N2CCSCC2)c1)c1ccn(C2CCCNC2)n1. The molecule has 1 unspecified atom stereocenters. The van der Waals surface area contributed by atoms with E-state index in [1.165, 1.54) is 0 Å². The molecule has 156 valence electrons. The van der Waals surface area contributed by atoms with E-state index in [-0.39, 0.29) is 24.2 Å².